The highest BCUT2D eigenvalue weighted by Crippen LogP contribution is 2.19. The number of aromatic amines is 1. The Hall–Kier alpha value is -2.34. The second-order valence-electron chi connectivity index (χ2n) is 4.70. The van der Waals surface area contributed by atoms with E-state index in [0.717, 1.165) is 11.4 Å². The highest BCUT2D eigenvalue weighted by Gasteiger charge is 2.12. The highest BCUT2D eigenvalue weighted by atomic mass is 16.2. The zero-order valence-corrected chi connectivity index (χ0v) is 11.6. The minimum absolute atomic E-state index is 0.128. The summed E-state index contributed by atoms with van der Waals surface area (Å²) in [7, 11) is 0. The number of primary amides is 1. The van der Waals surface area contributed by atoms with E-state index >= 15 is 0 Å². The van der Waals surface area contributed by atoms with E-state index in [1.807, 2.05) is 30.5 Å². The number of H-pyrrole nitrogens is 1. The number of carbonyl (C=O) groups is 1. The average molecular weight is 273 g/mol. The molecule has 1 heterocycles. The van der Waals surface area contributed by atoms with E-state index in [-0.39, 0.29) is 12.1 Å². The van der Waals surface area contributed by atoms with Crippen molar-refractivity contribution in [1.29, 1.82) is 0 Å². The molecule has 2 aromatic rings. The molecule has 0 radical (unpaired) electrons. The summed E-state index contributed by atoms with van der Waals surface area (Å²) in [4.78, 5) is 18.1. The topological polar surface area (TPSA) is 95.8 Å². The molecule has 20 heavy (non-hydrogen) atoms. The molecular formula is C14H19N5O. The van der Waals surface area contributed by atoms with Gasteiger partial charge in [0.15, 0.2) is 0 Å². The fraction of sp³-hybridized carbons (Fsp3) is 0.286. The van der Waals surface area contributed by atoms with Crippen LogP contribution in [0.15, 0.2) is 36.7 Å². The van der Waals surface area contributed by atoms with Crippen LogP contribution in [0.3, 0.4) is 0 Å². The number of rotatable bonds is 5. The molecule has 0 saturated heterocycles. The number of urea groups is 1. The lowest BCUT2D eigenvalue weighted by atomic mass is 10.1. The Balaban J connectivity index is 1.98. The summed E-state index contributed by atoms with van der Waals surface area (Å²) in [6.45, 7) is 4.13. The lowest BCUT2D eigenvalue weighted by Crippen LogP contribution is -2.23. The molecule has 0 aliphatic carbocycles. The van der Waals surface area contributed by atoms with Crippen LogP contribution in [0.5, 0.6) is 0 Å². The molecule has 5 N–H and O–H groups in total. The molecule has 6 nitrogen and oxygen atoms in total. The Labute approximate surface area is 117 Å². The molecule has 2 amide bonds. The average Bonchev–Trinajstić information content (AvgIpc) is 2.92. The van der Waals surface area contributed by atoms with Crippen molar-refractivity contribution in [3.63, 3.8) is 0 Å². The molecule has 0 aliphatic rings. The van der Waals surface area contributed by atoms with Gasteiger partial charge >= 0.3 is 6.03 Å². The number of benzene rings is 1. The van der Waals surface area contributed by atoms with Gasteiger partial charge in [0.2, 0.25) is 0 Å². The van der Waals surface area contributed by atoms with Gasteiger partial charge in [-0.2, -0.15) is 0 Å². The molecule has 2 unspecified atom stereocenters. The van der Waals surface area contributed by atoms with E-state index in [9.17, 15) is 4.79 Å². The van der Waals surface area contributed by atoms with Crippen LogP contribution in [0.25, 0.3) is 0 Å². The summed E-state index contributed by atoms with van der Waals surface area (Å²) < 4.78 is 0. The molecule has 1 aromatic heterocycles. The zero-order chi connectivity index (χ0) is 14.5. The van der Waals surface area contributed by atoms with Crippen molar-refractivity contribution in [2.75, 3.05) is 5.32 Å². The number of amides is 2. The quantitative estimate of drug-likeness (QED) is 0.673. The number of nitrogens with two attached hydrogens (primary N) is 1. The maximum atomic E-state index is 10.8. The number of imidazole rings is 1. The smallest absolute Gasteiger partial charge is 0.316 e. The van der Waals surface area contributed by atoms with Crippen molar-refractivity contribution < 1.29 is 4.79 Å². The van der Waals surface area contributed by atoms with Crippen LogP contribution in [0, 0.1) is 0 Å². The SMILES string of the molecule is CC(NC(C)c1ncc[nH]1)c1ccc(NC(N)=O)cc1. The van der Waals surface area contributed by atoms with Gasteiger partial charge in [-0.1, -0.05) is 12.1 Å². The molecule has 0 saturated carbocycles. The van der Waals surface area contributed by atoms with Crippen molar-refractivity contribution in [1.82, 2.24) is 15.3 Å². The molecule has 0 spiro atoms. The predicted octanol–water partition coefficient (Wildman–Crippen LogP) is 2.31. The number of hydrogen-bond donors (Lipinski definition) is 4. The standard InChI is InChI=1S/C14H19N5O/c1-9(18-10(2)13-16-7-8-17-13)11-3-5-12(6-4-11)19-14(15)20/h3-10,18H,1-2H3,(H,16,17)(H3,15,19,20). The third-order valence-electron chi connectivity index (χ3n) is 3.11. The first-order valence-electron chi connectivity index (χ1n) is 6.48. The Kier molecular flexibility index (Phi) is 4.37. The lowest BCUT2D eigenvalue weighted by Gasteiger charge is -2.19. The molecule has 0 bridgehead atoms. The first-order valence-corrected chi connectivity index (χ1v) is 6.48. The lowest BCUT2D eigenvalue weighted by molar-refractivity contribution is 0.259. The first kappa shape index (κ1) is 14.1. The van der Waals surface area contributed by atoms with Gasteiger partial charge in [0.1, 0.15) is 5.82 Å². The van der Waals surface area contributed by atoms with Crippen LogP contribution in [-0.4, -0.2) is 16.0 Å². The van der Waals surface area contributed by atoms with Gasteiger partial charge in [0, 0.05) is 24.1 Å². The highest BCUT2D eigenvalue weighted by molar-refractivity contribution is 5.87. The van der Waals surface area contributed by atoms with E-state index in [4.69, 9.17) is 5.73 Å². The van der Waals surface area contributed by atoms with Gasteiger partial charge in [-0.25, -0.2) is 9.78 Å². The van der Waals surface area contributed by atoms with E-state index in [2.05, 4.69) is 34.4 Å². The van der Waals surface area contributed by atoms with Crippen LogP contribution >= 0.6 is 0 Å². The minimum atomic E-state index is -0.560. The molecule has 2 rings (SSSR count). The van der Waals surface area contributed by atoms with Crippen molar-refractivity contribution in [2.45, 2.75) is 25.9 Å². The number of hydrogen-bond acceptors (Lipinski definition) is 3. The summed E-state index contributed by atoms with van der Waals surface area (Å²) in [6.07, 6.45) is 3.55. The fourth-order valence-electron chi connectivity index (χ4n) is 2.06. The summed E-state index contributed by atoms with van der Waals surface area (Å²) >= 11 is 0. The third kappa shape index (κ3) is 3.58. The summed E-state index contributed by atoms with van der Waals surface area (Å²) in [6, 6.07) is 7.30. The predicted molar refractivity (Wildman–Crippen MR) is 78.2 cm³/mol. The number of anilines is 1. The summed E-state index contributed by atoms with van der Waals surface area (Å²) in [5.74, 6) is 0.906. The zero-order valence-electron chi connectivity index (χ0n) is 11.6. The molecule has 106 valence electrons. The largest absolute Gasteiger partial charge is 0.351 e. The van der Waals surface area contributed by atoms with Gasteiger partial charge < -0.3 is 21.4 Å². The fourth-order valence-corrected chi connectivity index (χ4v) is 2.06. The molecule has 0 aliphatic heterocycles. The second kappa shape index (κ2) is 6.21. The third-order valence-corrected chi connectivity index (χ3v) is 3.11. The molecule has 1 aromatic carbocycles. The van der Waals surface area contributed by atoms with E-state index < -0.39 is 6.03 Å². The Morgan fingerprint density at radius 3 is 2.50 bits per heavy atom. The van der Waals surface area contributed by atoms with Gasteiger partial charge in [-0.15, -0.1) is 0 Å². The molecule has 0 fully saturated rings. The second-order valence-corrected chi connectivity index (χ2v) is 4.70. The first-order chi connectivity index (χ1) is 9.56. The Bertz CT molecular complexity index is 549. The van der Waals surface area contributed by atoms with E-state index in [0.29, 0.717) is 5.69 Å². The minimum Gasteiger partial charge on any atom is -0.351 e. The van der Waals surface area contributed by atoms with Gasteiger partial charge in [0.25, 0.3) is 0 Å². The van der Waals surface area contributed by atoms with E-state index in [1.54, 1.807) is 6.20 Å². The molecule has 6 heteroatoms. The van der Waals surface area contributed by atoms with Gasteiger partial charge in [0.05, 0.1) is 6.04 Å². The van der Waals surface area contributed by atoms with Crippen LogP contribution in [0.1, 0.15) is 37.3 Å². The normalized spacial score (nSPS) is 13.7. The Morgan fingerprint density at radius 1 is 1.25 bits per heavy atom. The van der Waals surface area contributed by atoms with Crippen LogP contribution in [0.4, 0.5) is 10.5 Å². The van der Waals surface area contributed by atoms with E-state index in [1.165, 1.54) is 0 Å². The maximum Gasteiger partial charge on any atom is 0.316 e. The summed E-state index contributed by atoms with van der Waals surface area (Å²) in [5.41, 5.74) is 6.88. The number of carbonyl (C=O) groups excluding carboxylic acids is 1. The summed E-state index contributed by atoms with van der Waals surface area (Å²) in [5, 5.41) is 5.99. The van der Waals surface area contributed by atoms with Crippen molar-refractivity contribution in [3.05, 3.63) is 48.0 Å². The monoisotopic (exact) mass is 273 g/mol. The number of nitrogens with zero attached hydrogens (tertiary/aromatic N) is 1. The van der Waals surface area contributed by atoms with Gasteiger partial charge in [-0.3, -0.25) is 0 Å². The molecule has 2 atom stereocenters. The number of aromatic nitrogens is 2. The maximum absolute atomic E-state index is 10.8. The molecular weight excluding hydrogens is 254 g/mol. The van der Waals surface area contributed by atoms with Gasteiger partial charge in [-0.05, 0) is 31.5 Å². The Morgan fingerprint density at radius 2 is 1.95 bits per heavy atom. The van der Waals surface area contributed by atoms with Crippen LogP contribution in [-0.2, 0) is 0 Å². The van der Waals surface area contributed by atoms with Crippen molar-refractivity contribution in [2.24, 2.45) is 5.73 Å². The van der Waals surface area contributed by atoms with Crippen molar-refractivity contribution in [3.8, 4) is 0 Å². The van der Waals surface area contributed by atoms with Crippen LogP contribution < -0.4 is 16.4 Å². The van der Waals surface area contributed by atoms with Crippen molar-refractivity contribution >= 4 is 11.7 Å². The van der Waals surface area contributed by atoms with Crippen LogP contribution in [0.2, 0.25) is 0 Å². The number of nitrogens with one attached hydrogen (secondary N) is 3.